The summed E-state index contributed by atoms with van der Waals surface area (Å²) in [7, 11) is -2.03. The molecule has 1 fully saturated rings. The maximum Gasteiger partial charge on any atom is 0.246 e. The third-order valence-electron chi connectivity index (χ3n) is 4.58. The molecule has 3 rings (SSSR count). The van der Waals surface area contributed by atoms with Gasteiger partial charge in [-0.3, -0.25) is 4.79 Å². The van der Waals surface area contributed by atoms with Crippen LogP contribution in [-0.4, -0.2) is 58.1 Å². The first-order chi connectivity index (χ1) is 13.9. The quantitative estimate of drug-likeness (QED) is 0.714. The average molecular weight is 420 g/mol. The number of anilines is 2. The van der Waals surface area contributed by atoms with Crippen molar-refractivity contribution in [3.63, 3.8) is 0 Å². The predicted molar refractivity (Wildman–Crippen MR) is 111 cm³/mol. The minimum Gasteiger partial charge on any atom is -0.497 e. The Bertz CT molecular complexity index is 941. The largest absolute Gasteiger partial charge is 0.497 e. The van der Waals surface area contributed by atoms with E-state index in [0.29, 0.717) is 32.0 Å². The zero-order chi connectivity index (χ0) is 20.9. The molecular formula is C20H25N3O5S. The molecule has 1 atom stereocenters. The van der Waals surface area contributed by atoms with Gasteiger partial charge in [-0.25, -0.2) is 8.42 Å². The third kappa shape index (κ3) is 5.26. The van der Waals surface area contributed by atoms with E-state index < -0.39 is 16.1 Å². The van der Waals surface area contributed by atoms with Gasteiger partial charge in [0.25, 0.3) is 0 Å². The van der Waals surface area contributed by atoms with Crippen molar-refractivity contribution in [2.24, 2.45) is 0 Å². The molecule has 0 aliphatic carbocycles. The summed E-state index contributed by atoms with van der Waals surface area (Å²) in [5.41, 5.74) is 1.20. The van der Waals surface area contributed by atoms with E-state index in [1.807, 2.05) is 12.1 Å². The Morgan fingerprint density at radius 1 is 1.10 bits per heavy atom. The average Bonchev–Trinajstić information content (AvgIpc) is 2.75. The molecule has 2 N–H and O–H groups in total. The number of nitrogens with zero attached hydrogens (tertiary/aromatic N) is 1. The summed E-state index contributed by atoms with van der Waals surface area (Å²) in [5, 5.41) is 5.87. The summed E-state index contributed by atoms with van der Waals surface area (Å²) in [6.07, 6.45) is 0. The normalized spacial score (nSPS) is 16.1. The van der Waals surface area contributed by atoms with Gasteiger partial charge in [-0.1, -0.05) is 6.07 Å². The van der Waals surface area contributed by atoms with Gasteiger partial charge in [0.15, 0.2) is 0 Å². The number of morpholine rings is 1. The van der Waals surface area contributed by atoms with Crippen LogP contribution in [0.25, 0.3) is 0 Å². The molecule has 29 heavy (non-hydrogen) atoms. The Morgan fingerprint density at radius 2 is 1.79 bits per heavy atom. The van der Waals surface area contributed by atoms with Gasteiger partial charge in [-0.2, -0.15) is 4.31 Å². The summed E-state index contributed by atoms with van der Waals surface area (Å²) in [6, 6.07) is 13.0. The number of amides is 1. The van der Waals surface area contributed by atoms with Crippen molar-refractivity contribution in [1.29, 1.82) is 0 Å². The number of rotatable bonds is 7. The lowest BCUT2D eigenvalue weighted by Gasteiger charge is -2.26. The molecule has 8 nitrogen and oxygen atoms in total. The molecule has 0 bridgehead atoms. The number of ether oxygens (including phenoxy) is 2. The summed E-state index contributed by atoms with van der Waals surface area (Å²) in [5.74, 6) is 0.452. The van der Waals surface area contributed by atoms with Crippen molar-refractivity contribution in [2.75, 3.05) is 44.0 Å². The molecular weight excluding hydrogens is 394 g/mol. The van der Waals surface area contributed by atoms with Crippen LogP contribution >= 0.6 is 0 Å². The Hall–Kier alpha value is -2.62. The van der Waals surface area contributed by atoms with E-state index in [1.165, 1.54) is 16.4 Å². The highest BCUT2D eigenvalue weighted by Crippen LogP contribution is 2.21. The number of methoxy groups -OCH3 is 1. The Balaban J connectivity index is 1.66. The number of benzene rings is 2. The van der Waals surface area contributed by atoms with Gasteiger partial charge >= 0.3 is 0 Å². The topological polar surface area (TPSA) is 97.0 Å². The molecule has 0 unspecified atom stereocenters. The zero-order valence-corrected chi connectivity index (χ0v) is 17.2. The summed E-state index contributed by atoms with van der Waals surface area (Å²) >= 11 is 0. The first kappa shape index (κ1) is 21.1. The number of carbonyl (C=O) groups is 1. The molecule has 0 saturated carbocycles. The van der Waals surface area contributed by atoms with Crippen molar-refractivity contribution in [3.05, 3.63) is 48.5 Å². The van der Waals surface area contributed by atoms with Gasteiger partial charge in [0.1, 0.15) is 11.8 Å². The number of carbonyl (C=O) groups excluding carboxylic acids is 1. The van der Waals surface area contributed by atoms with Crippen LogP contribution in [0.4, 0.5) is 11.4 Å². The summed E-state index contributed by atoms with van der Waals surface area (Å²) < 4.78 is 37.3. The Kier molecular flexibility index (Phi) is 6.73. The van der Waals surface area contributed by atoms with E-state index in [-0.39, 0.29) is 10.8 Å². The molecule has 1 saturated heterocycles. The molecule has 2 aromatic rings. The second-order valence-corrected chi connectivity index (χ2v) is 8.57. The summed E-state index contributed by atoms with van der Waals surface area (Å²) in [6.45, 7) is 3.13. The van der Waals surface area contributed by atoms with Crippen LogP contribution in [-0.2, 0) is 19.6 Å². The van der Waals surface area contributed by atoms with Crippen LogP contribution in [0.2, 0.25) is 0 Å². The number of hydrogen-bond donors (Lipinski definition) is 2. The SMILES string of the molecule is COc1ccc(N[C@H](C)C(=O)Nc2cccc(S(=O)(=O)N3CCOCC3)c2)cc1. The zero-order valence-electron chi connectivity index (χ0n) is 16.4. The highest BCUT2D eigenvalue weighted by Gasteiger charge is 2.26. The molecule has 0 spiro atoms. The Morgan fingerprint density at radius 3 is 2.45 bits per heavy atom. The Labute approximate surface area is 170 Å². The smallest absolute Gasteiger partial charge is 0.246 e. The van der Waals surface area contributed by atoms with Crippen LogP contribution in [0.5, 0.6) is 5.75 Å². The molecule has 156 valence electrons. The van der Waals surface area contributed by atoms with Crippen LogP contribution in [0.1, 0.15) is 6.92 Å². The molecule has 1 aliphatic rings. The lowest BCUT2D eigenvalue weighted by molar-refractivity contribution is -0.116. The highest BCUT2D eigenvalue weighted by atomic mass is 32.2. The number of sulfonamides is 1. The number of nitrogens with one attached hydrogen (secondary N) is 2. The second-order valence-electron chi connectivity index (χ2n) is 6.63. The van der Waals surface area contributed by atoms with Crippen LogP contribution < -0.4 is 15.4 Å². The minimum atomic E-state index is -3.62. The minimum absolute atomic E-state index is 0.146. The lowest BCUT2D eigenvalue weighted by Crippen LogP contribution is -2.40. The maximum absolute atomic E-state index is 12.8. The molecule has 9 heteroatoms. The van der Waals surface area contributed by atoms with Crippen molar-refractivity contribution in [3.8, 4) is 5.75 Å². The third-order valence-corrected chi connectivity index (χ3v) is 6.47. The maximum atomic E-state index is 12.8. The van der Waals surface area contributed by atoms with Gasteiger partial charge < -0.3 is 20.1 Å². The van der Waals surface area contributed by atoms with Gasteiger partial charge in [-0.05, 0) is 49.4 Å². The van der Waals surface area contributed by atoms with Gasteiger partial charge in [0, 0.05) is 24.5 Å². The van der Waals surface area contributed by atoms with E-state index in [0.717, 1.165) is 11.4 Å². The first-order valence-electron chi connectivity index (χ1n) is 9.29. The number of hydrogen-bond acceptors (Lipinski definition) is 6. The molecule has 1 aliphatic heterocycles. The molecule has 0 radical (unpaired) electrons. The van der Waals surface area contributed by atoms with E-state index >= 15 is 0 Å². The summed E-state index contributed by atoms with van der Waals surface area (Å²) in [4.78, 5) is 12.7. The van der Waals surface area contributed by atoms with Gasteiger partial charge in [0.05, 0.1) is 25.2 Å². The van der Waals surface area contributed by atoms with Crippen LogP contribution in [0.15, 0.2) is 53.4 Å². The van der Waals surface area contributed by atoms with Crippen LogP contribution in [0.3, 0.4) is 0 Å². The fraction of sp³-hybridized carbons (Fsp3) is 0.350. The molecule has 0 aromatic heterocycles. The van der Waals surface area contributed by atoms with Gasteiger partial charge in [-0.15, -0.1) is 0 Å². The fourth-order valence-electron chi connectivity index (χ4n) is 2.92. The predicted octanol–water partition coefficient (Wildman–Crippen LogP) is 2.16. The van der Waals surface area contributed by atoms with E-state index in [4.69, 9.17) is 9.47 Å². The standard InChI is InChI=1S/C20H25N3O5S/c1-15(21-16-6-8-18(27-2)9-7-16)20(24)22-17-4-3-5-19(14-17)29(25,26)23-10-12-28-13-11-23/h3-9,14-15,21H,10-13H2,1-2H3,(H,22,24)/t15-/m1/s1. The van der Waals surface area contributed by atoms with Crippen molar-refractivity contribution >= 4 is 27.3 Å². The van der Waals surface area contributed by atoms with Crippen molar-refractivity contribution in [1.82, 2.24) is 4.31 Å². The monoisotopic (exact) mass is 419 g/mol. The molecule has 1 heterocycles. The molecule has 1 amide bonds. The lowest BCUT2D eigenvalue weighted by atomic mass is 10.2. The first-order valence-corrected chi connectivity index (χ1v) is 10.7. The van der Waals surface area contributed by atoms with Crippen LogP contribution in [0, 0.1) is 0 Å². The van der Waals surface area contributed by atoms with Crippen molar-refractivity contribution < 1.29 is 22.7 Å². The fourth-order valence-corrected chi connectivity index (χ4v) is 4.38. The second kappa shape index (κ2) is 9.25. The van der Waals surface area contributed by atoms with E-state index in [2.05, 4.69) is 10.6 Å². The molecule has 2 aromatic carbocycles. The highest BCUT2D eigenvalue weighted by molar-refractivity contribution is 7.89. The van der Waals surface area contributed by atoms with E-state index in [9.17, 15) is 13.2 Å². The van der Waals surface area contributed by atoms with Gasteiger partial charge in [0.2, 0.25) is 15.9 Å². The van der Waals surface area contributed by atoms with E-state index in [1.54, 1.807) is 38.3 Å². The van der Waals surface area contributed by atoms with Crippen molar-refractivity contribution in [2.45, 2.75) is 17.9 Å².